The average molecular weight is 224 g/mol. The first-order valence-electron chi connectivity index (χ1n) is 5.86. The van der Waals surface area contributed by atoms with Gasteiger partial charge in [0.1, 0.15) is 5.82 Å². The highest BCUT2D eigenvalue weighted by Gasteiger charge is 2.12. The first-order chi connectivity index (χ1) is 8.34. The second kappa shape index (κ2) is 4.17. The van der Waals surface area contributed by atoms with Crippen LogP contribution in [0.2, 0.25) is 0 Å². The fraction of sp³-hybridized carbons (Fsp3) is 0.125. The summed E-state index contributed by atoms with van der Waals surface area (Å²) in [4.78, 5) is 0. The van der Waals surface area contributed by atoms with Crippen LogP contribution in [0.4, 0.5) is 4.39 Å². The quantitative estimate of drug-likeness (QED) is 0.657. The molecule has 1 aliphatic carbocycles. The second-order valence-electron chi connectivity index (χ2n) is 4.37. The van der Waals surface area contributed by atoms with Gasteiger partial charge in [-0.3, -0.25) is 0 Å². The Morgan fingerprint density at radius 3 is 2.24 bits per heavy atom. The van der Waals surface area contributed by atoms with Gasteiger partial charge in [-0.15, -0.1) is 0 Å². The second-order valence-corrected chi connectivity index (χ2v) is 4.37. The molecular formula is C16H13F. The van der Waals surface area contributed by atoms with Gasteiger partial charge in [-0.1, -0.05) is 54.6 Å². The molecule has 1 atom stereocenters. The summed E-state index contributed by atoms with van der Waals surface area (Å²) in [5.41, 5.74) is 2.92. The van der Waals surface area contributed by atoms with E-state index < -0.39 is 0 Å². The molecule has 0 spiro atoms. The van der Waals surface area contributed by atoms with E-state index in [2.05, 4.69) is 24.3 Å². The highest BCUT2D eigenvalue weighted by atomic mass is 19.1. The average Bonchev–Trinajstić information content (AvgIpc) is 2.29. The summed E-state index contributed by atoms with van der Waals surface area (Å²) in [6.07, 6.45) is 5.51. The van der Waals surface area contributed by atoms with Gasteiger partial charge in [-0.25, -0.2) is 4.39 Å². The van der Waals surface area contributed by atoms with Gasteiger partial charge in [-0.2, -0.15) is 0 Å². The molecule has 2 aromatic carbocycles. The summed E-state index contributed by atoms with van der Waals surface area (Å²) in [6.45, 7) is 0. The third-order valence-electron chi connectivity index (χ3n) is 3.28. The van der Waals surface area contributed by atoms with Crippen LogP contribution in [-0.2, 0) is 0 Å². The van der Waals surface area contributed by atoms with Crippen LogP contribution in [0.3, 0.4) is 0 Å². The molecule has 0 N–H and O–H groups in total. The third-order valence-corrected chi connectivity index (χ3v) is 3.28. The van der Waals surface area contributed by atoms with Crippen LogP contribution in [0.15, 0.2) is 60.7 Å². The van der Waals surface area contributed by atoms with Crippen molar-refractivity contribution in [3.63, 3.8) is 0 Å². The molecule has 1 aliphatic rings. The lowest BCUT2D eigenvalue weighted by Gasteiger charge is -2.18. The van der Waals surface area contributed by atoms with E-state index in [1.165, 1.54) is 11.6 Å². The number of benzene rings is 2. The standard InChI is InChI=1S/C16H13F/c17-16-7-2-1-6-15(16)14-10-8-13(9-11-14)12-4-3-5-12/h1-4,6-12H,5H2. The Labute approximate surface area is 100 Å². The Balaban J connectivity index is 1.94. The Morgan fingerprint density at radius 2 is 1.65 bits per heavy atom. The zero-order valence-electron chi connectivity index (χ0n) is 9.44. The Morgan fingerprint density at radius 1 is 0.941 bits per heavy atom. The van der Waals surface area contributed by atoms with Gasteiger partial charge in [0.2, 0.25) is 0 Å². The van der Waals surface area contributed by atoms with Crippen molar-refractivity contribution in [3.8, 4) is 11.1 Å². The summed E-state index contributed by atoms with van der Waals surface area (Å²) in [6, 6.07) is 15.1. The Hall–Kier alpha value is -1.89. The smallest absolute Gasteiger partial charge is 0.131 e. The minimum absolute atomic E-state index is 0.163. The maximum Gasteiger partial charge on any atom is 0.131 e. The van der Waals surface area contributed by atoms with Crippen LogP contribution in [0.5, 0.6) is 0 Å². The molecular weight excluding hydrogens is 211 g/mol. The van der Waals surface area contributed by atoms with E-state index in [-0.39, 0.29) is 5.82 Å². The van der Waals surface area contributed by atoms with E-state index in [0.29, 0.717) is 11.5 Å². The normalized spacial score (nSPS) is 17.8. The molecule has 84 valence electrons. The van der Waals surface area contributed by atoms with E-state index in [1.54, 1.807) is 6.07 Å². The van der Waals surface area contributed by atoms with Crippen LogP contribution in [0.1, 0.15) is 17.9 Å². The van der Waals surface area contributed by atoms with Crippen LogP contribution in [0.25, 0.3) is 11.1 Å². The van der Waals surface area contributed by atoms with Gasteiger partial charge >= 0.3 is 0 Å². The summed E-state index contributed by atoms with van der Waals surface area (Å²) >= 11 is 0. The first kappa shape index (κ1) is 10.3. The van der Waals surface area contributed by atoms with Crippen molar-refractivity contribution in [2.75, 3.05) is 0 Å². The molecule has 0 aliphatic heterocycles. The predicted molar refractivity (Wildman–Crippen MR) is 68.3 cm³/mol. The van der Waals surface area contributed by atoms with Crippen molar-refractivity contribution in [1.82, 2.24) is 0 Å². The molecule has 0 heterocycles. The molecule has 1 unspecified atom stereocenters. The molecule has 0 saturated carbocycles. The van der Waals surface area contributed by atoms with E-state index in [9.17, 15) is 4.39 Å². The van der Waals surface area contributed by atoms with Crippen LogP contribution < -0.4 is 0 Å². The van der Waals surface area contributed by atoms with Gasteiger partial charge < -0.3 is 0 Å². The number of hydrogen-bond acceptors (Lipinski definition) is 0. The predicted octanol–water partition coefficient (Wildman–Crippen LogP) is 4.54. The number of allylic oxidation sites excluding steroid dienone is 2. The number of rotatable bonds is 2. The molecule has 0 nitrogen and oxygen atoms in total. The molecule has 0 bridgehead atoms. The van der Waals surface area contributed by atoms with E-state index in [1.807, 2.05) is 24.3 Å². The molecule has 0 fully saturated rings. The van der Waals surface area contributed by atoms with Gasteiger partial charge in [0.25, 0.3) is 0 Å². The summed E-state index contributed by atoms with van der Waals surface area (Å²) in [5, 5.41) is 0. The largest absolute Gasteiger partial charge is 0.206 e. The molecule has 0 radical (unpaired) electrons. The van der Waals surface area contributed by atoms with E-state index in [0.717, 1.165) is 12.0 Å². The molecule has 3 rings (SSSR count). The van der Waals surface area contributed by atoms with Crippen LogP contribution >= 0.6 is 0 Å². The Bertz CT molecular complexity index is 552. The van der Waals surface area contributed by atoms with E-state index in [4.69, 9.17) is 0 Å². The highest BCUT2D eigenvalue weighted by Crippen LogP contribution is 2.31. The fourth-order valence-electron chi connectivity index (χ4n) is 2.12. The minimum Gasteiger partial charge on any atom is -0.206 e. The highest BCUT2D eigenvalue weighted by molar-refractivity contribution is 5.64. The minimum atomic E-state index is -0.163. The zero-order chi connectivity index (χ0) is 11.7. The Kier molecular flexibility index (Phi) is 2.52. The monoisotopic (exact) mass is 224 g/mol. The van der Waals surface area contributed by atoms with Crippen molar-refractivity contribution in [2.45, 2.75) is 12.3 Å². The lowest BCUT2D eigenvalue weighted by Crippen LogP contribution is -2.00. The van der Waals surface area contributed by atoms with Gasteiger partial charge in [0.05, 0.1) is 0 Å². The molecule has 17 heavy (non-hydrogen) atoms. The fourth-order valence-corrected chi connectivity index (χ4v) is 2.12. The SMILES string of the molecule is Fc1ccccc1-c1ccc(C2C=CC2)cc1. The summed E-state index contributed by atoms with van der Waals surface area (Å²) in [5.74, 6) is 0.397. The van der Waals surface area contributed by atoms with Crippen LogP contribution in [-0.4, -0.2) is 0 Å². The number of hydrogen-bond donors (Lipinski definition) is 0. The van der Waals surface area contributed by atoms with Crippen molar-refractivity contribution in [1.29, 1.82) is 0 Å². The van der Waals surface area contributed by atoms with Crippen LogP contribution in [0, 0.1) is 5.82 Å². The van der Waals surface area contributed by atoms with Crippen molar-refractivity contribution >= 4 is 0 Å². The molecule has 2 aromatic rings. The molecule has 1 heteroatoms. The first-order valence-corrected chi connectivity index (χ1v) is 5.86. The van der Waals surface area contributed by atoms with E-state index >= 15 is 0 Å². The lowest BCUT2D eigenvalue weighted by molar-refractivity contribution is 0.631. The number of halogens is 1. The topological polar surface area (TPSA) is 0 Å². The summed E-state index contributed by atoms with van der Waals surface area (Å²) < 4.78 is 13.6. The van der Waals surface area contributed by atoms with Crippen molar-refractivity contribution < 1.29 is 4.39 Å². The molecule has 0 saturated heterocycles. The molecule has 0 amide bonds. The maximum atomic E-state index is 13.6. The third kappa shape index (κ3) is 1.89. The summed E-state index contributed by atoms with van der Waals surface area (Å²) in [7, 11) is 0. The lowest BCUT2D eigenvalue weighted by atomic mass is 9.87. The van der Waals surface area contributed by atoms with Crippen molar-refractivity contribution in [3.05, 3.63) is 72.1 Å². The van der Waals surface area contributed by atoms with Gasteiger partial charge in [0.15, 0.2) is 0 Å². The van der Waals surface area contributed by atoms with Gasteiger partial charge in [0, 0.05) is 11.5 Å². The van der Waals surface area contributed by atoms with Gasteiger partial charge in [-0.05, 0) is 23.6 Å². The molecule has 0 aromatic heterocycles. The van der Waals surface area contributed by atoms with Crippen molar-refractivity contribution in [2.24, 2.45) is 0 Å². The zero-order valence-corrected chi connectivity index (χ0v) is 9.44. The maximum absolute atomic E-state index is 13.6.